The molecule has 0 N–H and O–H groups in total. The predicted octanol–water partition coefficient (Wildman–Crippen LogP) is 2.27. The van der Waals surface area contributed by atoms with E-state index in [2.05, 4.69) is 5.10 Å². The lowest BCUT2D eigenvalue weighted by Crippen LogP contribution is -2.28. The summed E-state index contributed by atoms with van der Waals surface area (Å²) in [6.07, 6.45) is 0. The van der Waals surface area contributed by atoms with Crippen LogP contribution >= 0.6 is 0 Å². The molecule has 3 aromatic rings. The number of ether oxygens (including phenoxy) is 1. The average Bonchev–Trinajstić information content (AvgIpc) is 2.97. The Bertz CT molecular complexity index is 897. The van der Waals surface area contributed by atoms with Crippen molar-refractivity contribution in [1.29, 1.82) is 0 Å². The molecule has 0 saturated heterocycles. The van der Waals surface area contributed by atoms with Crippen LogP contribution < -0.4 is 10.4 Å². The third-order valence-corrected chi connectivity index (χ3v) is 3.96. The summed E-state index contributed by atoms with van der Waals surface area (Å²) in [6.45, 7) is 1.32. The molecule has 130 valence electrons. The maximum absolute atomic E-state index is 13.0. The number of benzene rings is 2. The molecule has 2 aromatic carbocycles. The minimum Gasteiger partial charge on any atom is -0.497 e. The molecule has 0 atom stereocenters. The molecule has 0 spiro atoms. The van der Waals surface area contributed by atoms with Crippen molar-refractivity contribution in [2.45, 2.75) is 6.54 Å². The second-order valence-corrected chi connectivity index (χ2v) is 6.04. The molecule has 0 aliphatic heterocycles. The Morgan fingerprint density at radius 3 is 2.52 bits per heavy atom. The Morgan fingerprint density at radius 1 is 1.08 bits per heavy atom. The van der Waals surface area contributed by atoms with Crippen LogP contribution in [-0.4, -0.2) is 47.0 Å². The Kier molecular flexibility index (Phi) is 5.00. The van der Waals surface area contributed by atoms with Gasteiger partial charge in [-0.1, -0.05) is 36.4 Å². The molecule has 0 aliphatic rings. The fraction of sp³-hybridized carbons (Fsp3) is 0.263. The molecular weight excluding hydrogens is 316 g/mol. The van der Waals surface area contributed by atoms with Crippen molar-refractivity contribution >= 4 is 0 Å². The predicted molar refractivity (Wildman–Crippen MR) is 98.4 cm³/mol. The van der Waals surface area contributed by atoms with Gasteiger partial charge in [-0.3, -0.25) is 4.57 Å². The smallest absolute Gasteiger partial charge is 0.351 e. The zero-order valence-corrected chi connectivity index (χ0v) is 14.7. The quantitative estimate of drug-likeness (QED) is 0.692. The van der Waals surface area contributed by atoms with Crippen LogP contribution in [0.1, 0.15) is 0 Å². The minimum atomic E-state index is -0.158. The average molecular weight is 338 g/mol. The van der Waals surface area contributed by atoms with Crippen molar-refractivity contribution in [3.63, 3.8) is 0 Å². The molecule has 0 unspecified atom stereocenters. The Morgan fingerprint density at radius 2 is 1.84 bits per heavy atom. The molecule has 25 heavy (non-hydrogen) atoms. The van der Waals surface area contributed by atoms with Gasteiger partial charge in [-0.15, -0.1) is 5.10 Å². The first kappa shape index (κ1) is 17.0. The maximum Gasteiger partial charge on any atom is 0.351 e. The van der Waals surface area contributed by atoms with E-state index in [0.717, 1.165) is 12.1 Å². The fourth-order valence-corrected chi connectivity index (χ4v) is 2.61. The van der Waals surface area contributed by atoms with Crippen LogP contribution in [0.5, 0.6) is 5.75 Å². The van der Waals surface area contributed by atoms with Crippen molar-refractivity contribution in [2.24, 2.45) is 0 Å². The van der Waals surface area contributed by atoms with Crippen LogP contribution in [0, 0.1) is 0 Å². The third kappa shape index (κ3) is 3.64. The van der Waals surface area contributed by atoms with E-state index in [9.17, 15) is 4.79 Å². The van der Waals surface area contributed by atoms with Gasteiger partial charge in [0.25, 0.3) is 0 Å². The van der Waals surface area contributed by atoms with E-state index >= 15 is 0 Å². The Hall–Kier alpha value is -2.86. The normalized spacial score (nSPS) is 11.0. The highest BCUT2D eigenvalue weighted by molar-refractivity contribution is 5.55. The largest absolute Gasteiger partial charge is 0.497 e. The molecule has 6 heteroatoms. The first-order valence-electron chi connectivity index (χ1n) is 8.14. The monoisotopic (exact) mass is 338 g/mol. The van der Waals surface area contributed by atoms with Gasteiger partial charge >= 0.3 is 5.69 Å². The fourth-order valence-electron chi connectivity index (χ4n) is 2.61. The summed E-state index contributed by atoms with van der Waals surface area (Å²) < 4.78 is 8.41. The summed E-state index contributed by atoms with van der Waals surface area (Å²) in [4.78, 5) is 15.0. The molecule has 0 saturated carbocycles. The van der Waals surface area contributed by atoms with Crippen LogP contribution in [0.4, 0.5) is 0 Å². The van der Waals surface area contributed by atoms with Crippen LogP contribution in [0.15, 0.2) is 59.4 Å². The van der Waals surface area contributed by atoms with Gasteiger partial charge in [-0.25, -0.2) is 4.79 Å². The van der Waals surface area contributed by atoms with Crippen LogP contribution in [0.2, 0.25) is 0 Å². The molecule has 1 aromatic heterocycles. The highest BCUT2D eigenvalue weighted by atomic mass is 16.5. The lowest BCUT2D eigenvalue weighted by atomic mass is 10.2. The standard InChI is InChI=1S/C19H22N4O2/c1-21(2)12-13-22-18(15-8-5-4-6-9-15)20-23(19(22)24)16-10-7-11-17(14-16)25-3/h4-11,14H,12-13H2,1-3H3. The number of aromatic nitrogens is 3. The van der Waals surface area contributed by atoms with Crippen molar-refractivity contribution < 1.29 is 4.74 Å². The minimum absolute atomic E-state index is 0.158. The van der Waals surface area contributed by atoms with E-state index in [0.29, 0.717) is 23.8 Å². The second-order valence-electron chi connectivity index (χ2n) is 6.04. The van der Waals surface area contributed by atoms with Gasteiger partial charge in [-0.2, -0.15) is 4.68 Å². The Balaban J connectivity index is 2.12. The first-order valence-corrected chi connectivity index (χ1v) is 8.14. The molecule has 0 fully saturated rings. The lowest BCUT2D eigenvalue weighted by molar-refractivity contribution is 0.381. The zero-order valence-electron chi connectivity index (χ0n) is 14.7. The van der Waals surface area contributed by atoms with Gasteiger partial charge in [0.15, 0.2) is 5.82 Å². The SMILES string of the molecule is COc1cccc(-n2nc(-c3ccccc3)n(CCN(C)C)c2=O)c1. The molecule has 6 nitrogen and oxygen atoms in total. The van der Waals surface area contributed by atoms with E-state index < -0.39 is 0 Å². The van der Waals surface area contributed by atoms with Gasteiger partial charge in [0, 0.05) is 24.7 Å². The third-order valence-electron chi connectivity index (χ3n) is 3.96. The highest BCUT2D eigenvalue weighted by Gasteiger charge is 2.16. The van der Waals surface area contributed by atoms with Crippen molar-refractivity contribution in [1.82, 2.24) is 19.2 Å². The van der Waals surface area contributed by atoms with Crippen molar-refractivity contribution in [3.05, 3.63) is 65.1 Å². The number of hydrogen-bond donors (Lipinski definition) is 0. The van der Waals surface area contributed by atoms with Crippen LogP contribution in [0.25, 0.3) is 17.1 Å². The summed E-state index contributed by atoms with van der Waals surface area (Å²) in [7, 11) is 5.58. The van der Waals surface area contributed by atoms with E-state index in [-0.39, 0.29) is 5.69 Å². The molecule has 0 amide bonds. The summed E-state index contributed by atoms with van der Waals surface area (Å²) >= 11 is 0. The summed E-state index contributed by atoms with van der Waals surface area (Å²) in [5.41, 5.74) is 1.44. The van der Waals surface area contributed by atoms with E-state index in [4.69, 9.17) is 4.74 Å². The van der Waals surface area contributed by atoms with E-state index in [1.165, 1.54) is 4.68 Å². The molecule has 0 radical (unpaired) electrons. The number of nitrogens with zero attached hydrogens (tertiary/aromatic N) is 4. The van der Waals surface area contributed by atoms with Gasteiger partial charge in [0.1, 0.15) is 5.75 Å². The topological polar surface area (TPSA) is 52.3 Å². The van der Waals surface area contributed by atoms with Crippen molar-refractivity contribution in [2.75, 3.05) is 27.7 Å². The van der Waals surface area contributed by atoms with Gasteiger partial charge in [0.2, 0.25) is 0 Å². The summed E-state index contributed by atoms with van der Waals surface area (Å²) in [6, 6.07) is 17.1. The number of hydrogen-bond acceptors (Lipinski definition) is 4. The number of likely N-dealkylation sites (N-methyl/N-ethyl adjacent to an activating group) is 1. The highest BCUT2D eigenvalue weighted by Crippen LogP contribution is 2.19. The maximum atomic E-state index is 13.0. The van der Waals surface area contributed by atoms with Crippen LogP contribution in [0.3, 0.4) is 0 Å². The first-order chi connectivity index (χ1) is 12.1. The second kappa shape index (κ2) is 7.36. The number of methoxy groups -OCH3 is 1. The molecular formula is C19H22N4O2. The lowest BCUT2D eigenvalue weighted by Gasteiger charge is -2.10. The zero-order chi connectivity index (χ0) is 17.8. The number of rotatable bonds is 6. The Labute approximate surface area is 146 Å². The van der Waals surface area contributed by atoms with E-state index in [1.54, 1.807) is 17.7 Å². The van der Waals surface area contributed by atoms with Gasteiger partial charge in [0.05, 0.1) is 12.8 Å². The van der Waals surface area contributed by atoms with Crippen LogP contribution in [-0.2, 0) is 6.54 Å². The molecule has 0 aliphatic carbocycles. The summed E-state index contributed by atoms with van der Waals surface area (Å²) in [5, 5.41) is 4.60. The van der Waals surface area contributed by atoms with E-state index in [1.807, 2.05) is 67.5 Å². The molecule has 3 rings (SSSR count). The molecule has 0 bridgehead atoms. The van der Waals surface area contributed by atoms with Gasteiger partial charge < -0.3 is 9.64 Å². The summed E-state index contributed by atoms with van der Waals surface area (Å²) in [5.74, 6) is 1.35. The van der Waals surface area contributed by atoms with Gasteiger partial charge in [-0.05, 0) is 26.2 Å². The van der Waals surface area contributed by atoms with Crippen molar-refractivity contribution in [3.8, 4) is 22.8 Å². The molecule has 1 heterocycles.